The number of benzene rings is 2. The molecule has 2 aromatic carbocycles. The van der Waals surface area contributed by atoms with Crippen LogP contribution in [-0.4, -0.2) is 44.2 Å². The highest BCUT2D eigenvalue weighted by molar-refractivity contribution is 7.86. The van der Waals surface area contributed by atoms with E-state index in [1.807, 2.05) is 0 Å². The van der Waals surface area contributed by atoms with Gasteiger partial charge < -0.3 is 19.9 Å². The van der Waals surface area contributed by atoms with E-state index in [2.05, 4.69) is 14.8 Å². The van der Waals surface area contributed by atoms with Crippen LogP contribution in [0.25, 0.3) is 11.1 Å². The van der Waals surface area contributed by atoms with Crippen LogP contribution in [0.1, 0.15) is 0 Å². The zero-order valence-corrected chi connectivity index (χ0v) is 15.7. The van der Waals surface area contributed by atoms with Crippen LogP contribution in [0.2, 0.25) is 0 Å². The number of methoxy groups -OCH3 is 2. The number of nitrogens with one attached hydrogen (secondary N) is 1. The van der Waals surface area contributed by atoms with Crippen molar-refractivity contribution in [3.05, 3.63) is 54.2 Å². The van der Waals surface area contributed by atoms with Crippen molar-refractivity contribution in [2.45, 2.75) is 4.90 Å². The smallest absolute Gasteiger partial charge is 0.354 e. The van der Waals surface area contributed by atoms with E-state index in [1.54, 1.807) is 12.1 Å². The van der Waals surface area contributed by atoms with Crippen LogP contribution >= 0.6 is 0 Å². The van der Waals surface area contributed by atoms with Crippen molar-refractivity contribution in [1.29, 1.82) is 0 Å². The number of carbonyl (C=O) groups is 2. The van der Waals surface area contributed by atoms with Crippen LogP contribution < -0.4 is 5.32 Å². The first kappa shape index (κ1) is 20.9. The van der Waals surface area contributed by atoms with Gasteiger partial charge in [-0.15, -0.1) is 0 Å². The van der Waals surface area contributed by atoms with Crippen molar-refractivity contribution in [2.24, 2.45) is 0 Å². The number of phenolic OH excluding ortho intramolecular Hbond substituents is 1. The van der Waals surface area contributed by atoms with Crippen molar-refractivity contribution < 1.29 is 37.1 Å². The molecule has 0 aliphatic carbocycles. The summed E-state index contributed by atoms with van der Waals surface area (Å²) in [5.74, 6) is -1.79. The molecule has 0 spiro atoms. The second-order valence-corrected chi connectivity index (χ2v) is 6.82. The van der Waals surface area contributed by atoms with Gasteiger partial charge in [0, 0.05) is 0 Å². The van der Waals surface area contributed by atoms with Crippen LogP contribution in [0.5, 0.6) is 5.75 Å². The number of hydrogen-bond acceptors (Lipinski definition) is 8. The highest BCUT2D eigenvalue weighted by Gasteiger charge is 2.20. The average molecular weight is 407 g/mol. The molecular formula is C18H17NO8S. The number of phenols is 1. The van der Waals surface area contributed by atoms with Gasteiger partial charge in [-0.2, -0.15) is 8.42 Å². The zero-order chi connectivity index (χ0) is 20.9. The second-order valence-electron chi connectivity index (χ2n) is 5.43. The molecule has 10 heteroatoms. The van der Waals surface area contributed by atoms with E-state index in [4.69, 9.17) is 0 Å². The van der Waals surface area contributed by atoms with E-state index in [1.165, 1.54) is 30.3 Å². The van der Waals surface area contributed by atoms with Crippen molar-refractivity contribution in [2.75, 3.05) is 19.5 Å². The average Bonchev–Trinajstić information content (AvgIpc) is 2.66. The lowest BCUT2D eigenvalue weighted by atomic mass is 10.1. The first-order valence-electron chi connectivity index (χ1n) is 7.71. The summed E-state index contributed by atoms with van der Waals surface area (Å²) in [6.45, 7) is 0. The Balaban J connectivity index is 2.54. The third-order valence-electron chi connectivity index (χ3n) is 3.60. The van der Waals surface area contributed by atoms with E-state index in [0.29, 0.717) is 11.1 Å². The third kappa shape index (κ3) is 5.09. The molecule has 2 rings (SSSR count). The van der Waals surface area contributed by atoms with E-state index < -0.39 is 32.6 Å². The molecular weight excluding hydrogens is 390 g/mol. The van der Waals surface area contributed by atoms with E-state index in [-0.39, 0.29) is 11.4 Å². The molecule has 0 aromatic heterocycles. The molecule has 0 atom stereocenters. The number of rotatable bonds is 6. The van der Waals surface area contributed by atoms with Gasteiger partial charge in [-0.05, 0) is 35.4 Å². The van der Waals surface area contributed by atoms with E-state index in [9.17, 15) is 27.7 Å². The molecule has 2 aromatic rings. The van der Waals surface area contributed by atoms with Crippen LogP contribution in [-0.2, 0) is 29.2 Å². The Morgan fingerprint density at radius 1 is 1.00 bits per heavy atom. The van der Waals surface area contributed by atoms with Crippen molar-refractivity contribution in [3.63, 3.8) is 0 Å². The summed E-state index contributed by atoms with van der Waals surface area (Å²) < 4.78 is 42.3. The van der Waals surface area contributed by atoms with Gasteiger partial charge >= 0.3 is 11.9 Å². The molecule has 0 saturated heterocycles. The standard InChI is InChI=1S/C18H17NO8S/c1-26-17(21)10-15(18(22)27-2)19-14-8-5-12(9-16(14)28(23,24)25)11-3-6-13(20)7-4-11/h3-10,19-20H,1-2H3,(H,23,24,25)/b15-10+. The van der Waals surface area contributed by atoms with Crippen LogP contribution in [0.4, 0.5) is 5.69 Å². The van der Waals surface area contributed by atoms with Gasteiger partial charge in [0.15, 0.2) is 0 Å². The van der Waals surface area contributed by atoms with Crippen LogP contribution in [0.15, 0.2) is 59.1 Å². The molecule has 3 N–H and O–H groups in total. The highest BCUT2D eigenvalue weighted by Crippen LogP contribution is 2.30. The minimum absolute atomic E-state index is 0.0349. The van der Waals surface area contributed by atoms with Gasteiger partial charge in [0.25, 0.3) is 10.1 Å². The second kappa shape index (κ2) is 8.55. The molecule has 0 unspecified atom stereocenters. The number of aromatic hydroxyl groups is 1. The predicted molar refractivity (Wildman–Crippen MR) is 99.1 cm³/mol. The monoisotopic (exact) mass is 407 g/mol. The Bertz CT molecular complexity index is 1030. The molecule has 0 bridgehead atoms. The van der Waals surface area contributed by atoms with Crippen molar-refractivity contribution in [1.82, 2.24) is 0 Å². The summed E-state index contributed by atoms with van der Waals surface area (Å²) in [5, 5.41) is 11.8. The Morgan fingerprint density at radius 3 is 2.14 bits per heavy atom. The fourth-order valence-corrected chi connectivity index (χ4v) is 2.92. The fourth-order valence-electron chi connectivity index (χ4n) is 2.25. The minimum atomic E-state index is -4.69. The molecule has 0 amide bonds. The molecule has 0 aliphatic heterocycles. The van der Waals surface area contributed by atoms with Gasteiger partial charge in [0.05, 0.1) is 26.0 Å². The minimum Gasteiger partial charge on any atom is -0.508 e. The lowest BCUT2D eigenvalue weighted by molar-refractivity contribution is -0.138. The van der Waals surface area contributed by atoms with Gasteiger partial charge in [-0.25, -0.2) is 9.59 Å². The maximum absolute atomic E-state index is 11.9. The quantitative estimate of drug-likeness (QED) is 0.372. The molecule has 28 heavy (non-hydrogen) atoms. The van der Waals surface area contributed by atoms with Crippen LogP contribution in [0.3, 0.4) is 0 Å². The Labute approximate surface area is 161 Å². The fraction of sp³-hybridized carbons (Fsp3) is 0.111. The third-order valence-corrected chi connectivity index (χ3v) is 4.49. The lowest BCUT2D eigenvalue weighted by Gasteiger charge is -2.13. The van der Waals surface area contributed by atoms with Gasteiger partial charge in [-0.1, -0.05) is 18.2 Å². The maximum atomic E-state index is 11.9. The first-order chi connectivity index (χ1) is 13.2. The van der Waals surface area contributed by atoms with Gasteiger partial charge in [0.1, 0.15) is 16.3 Å². The maximum Gasteiger partial charge on any atom is 0.354 e. The molecule has 9 nitrogen and oxygen atoms in total. The molecule has 0 aliphatic rings. The summed E-state index contributed by atoms with van der Waals surface area (Å²) >= 11 is 0. The SMILES string of the molecule is COC(=O)/C=C(/Nc1ccc(-c2ccc(O)cc2)cc1S(=O)(=O)O)C(=O)OC. The van der Waals surface area contributed by atoms with E-state index >= 15 is 0 Å². The van der Waals surface area contributed by atoms with Crippen LogP contribution in [0, 0.1) is 0 Å². The lowest BCUT2D eigenvalue weighted by Crippen LogP contribution is -2.17. The number of ether oxygens (including phenoxy) is 2. The number of carbonyl (C=O) groups excluding carboxylic acids is 2. The van der Waals surface area contributed by atoms with Gasteiger partial charge in [0.2, 0.25) is 0 Å². The zero-order valence-electron chi connectivity index (χ0n) is 14.9. The first-order valence-corrected chi connectivity index (χ1v) is 9.15. The summed E-state index contributed by atoms with van der Waals surface area (Å²) in [6, 6.07) is 9.96. The van der Waals surface area contributed by atoms with Gasteiger partial charge in [-0.3, -0.25) is 4.55 Å². The summed E-state index contributed by atoms with van der Waals surface area (Å²) in [4.78, 5) is 22.8. The summed E-state index contributed by atoms with van der Waals surface area (Å²) in [6.07, 6.45) is 0.785. The Kier molecular flexibility index (Phi) is 6.39. The molecule has 0 radical (unpaired) electrons. The normalized spacial score (nSPS) is 11.6. The largest absolute Gasteiger partial charge is 0.508 e. The predicted octanol–water partition coefficient (Wildman–Crippen LogP) is 1.95. The number of hydrogen-bond donors (Lipinski definition) is 3. The highest BCUT2D eigenvalue weighted by atomic mass is 32.2. The van der Waals surface area contributed by atoms with Crippen molar-refractivity contribution in [3.8, 4) is 16.9 Å². The Morgan fingerprint density at radius 2 is 1.61 bits per heavy atom. The number of anilines is 1. The summed E-state index contributed by atoms with van der Waals surface area (Å²) in [5.41, 5.74) is 0.449. The molecule has 0 heterocycles. The molecule has 0 fully saturated rings. The molecule has 148 valence electrons. The van der Waals surface area contributed by atoms with E-state index in [0.717, 1.165) is 20.3 Å². The Hall–Kier alpha value is -3.37. The van der Waals surface area contributed by atoms with Crippen molar-refractivity contribution >= 4 is 27.7 Å². The number of esters is 2. The topological polar surface area (TPSA) is 139 Å². The molecule has 0 saturated carbocycles. The summed E-state index contributed by atoms with van der Waals surface area (Å²) in [7, 11) is -2.51.